The van der Waals surface area contributed by atoms with Crippen molar-refractivity contribution in [3.63, 3.8) is 0 Å². The van der Waals surface area contributed by atoms with Crippen molar-refractivity contribution < 1.29 is 22.7 Å². The highest BCUT2D eigenvalue weighted by Gasteiger charge is 2.39. The lowest BCUT2D eigenvalue weighted by Crippen LogP contribution is -2.54. The number of alkyl carbamates (subject to hydrolysis) is 1. The predicted molar refractivity (Wildman–Crippen MR) is 180 cm³/mol. The molecule has 0 radical (unpaired) electrons. The molecule has 1 heterocycles. The Morgan fingerprint density at radius 2 is 1.54 bits per heavy atom. The second-order valence-corrected chi connectivity index (χ2v) is 13.7. The molecule has 0 aliphatic carbocycles. The Bertz CT molecular complexity index is 1470. The van der Waals surface area contributed by atoms with Crippen LogP contribution in [0.5, 0.6) is 0 Å². The summed E-state index contributed by atoms with van der Waals surface area (Å²) in [6, 6.07) is 23.9. The summed E-state index contributed by atoms with van der Waals surface area (Å²) in [5, 5.41) is 12.5. The third-order valence-corrected chi connectivity index (χ3v) is 10.1. The zero-order valence-corrected chi connectivity index (χ0v) is 27.5. The molecule has 6 N–H and O–H groups in total. The van der Waals surface area contributed by atoms with Crippen LogP contribution in [0.3, 0.4) is 0 Å². The first-order valence-electron chi connectivity index (χ1n) is 15.7. The number of sulfonamides is 1. The number of amides is 2. The minimum absolute atomic E-state index is 0.182. The first-order valence-corrected chi connectivity index (χ1v) is 17.1. The fourth-order valence-corrected chi connectivity index (χ4v) is 7.41. The van der Waals surface area contributed by atoms with Crippen LogP contribution in [-0.2, 0) is 19.6 Å². The summed E-state index contributed by atoms with van der Waals surface area (Å²) in [6.45, 7) is 6.24. The molecule has 2 unspecified atom stereocenters. The van der Waals surface area contributed by atoms with Crippen molar-refractivity contribution in [2.45, 2.75) is 49.2 Å². The smallest absolute Gasteiger partial charge is 0.407 e. The van der Waals surface area contributed by atoms with Gasteiger partial charge in [-0.25, -0.2) is 13.2 Å². The topological polar surface area (TPSA) is 155 Å². The normalized spacial score (nSPS) is 17.3. The van der Waals surface area contributed by atoms with E-state index in [4.69, 9.17) is 10.5 Å². The van der Waals surface area contributed by atoms with Crippen LogP contribution >= 0.6 is 0 Å². The lowest BCUT2D eigenvalue weighted by molar-refractivity contribution is -0.123. The van der Waals surface area contributed by atoms with E-state index in [-0.39, 0.29) is 29.4 Å². The maximum Gasteiger partial charge on any atom is 0.407 e. The Kier molecular flexibility index (Phi) is 12.6. The van der Waals surface area contributed by atoms with E-state index in [2.05, 4.69) is 35.1 Å². The van der Waals surface area contributed by atoms with Gasteiger partial charge in [-0.05, 0) is 47.7 Å². The molecule has 46 heavy (non-hydrogen) atoms. The number of benzene rings is 3. The first-order chi connectivity index (χ1) is 22.1. The van der Waals surface area contributed by atoms with Gasteiger partial charge in [-0.2, -0.15) is 4.31 Å². The molecule has 1 saturated heterocycles. The molecule has 1 aliphatic rings. The van der Waals surface area contributed by atoms with Crippen molar-refractivity contribution in [1.29, 1.82) is 0 Å². The Balaban J connectivity index is 1.46. The van der Waals surface area contributed by atoms with Gasteiger partial charge in [-0.3, -0.25) is 4.79 Å². The van der Waals surface area contributed by atoms with Crippen LogP contribution in [0.2, 0.25) is 0 Å². The minimum Gasteiger partial charge on any atom is -0.453 e. The molecule has 3 aromatic rings. The van der Waals surface area contributed by atoms with E-state index in [0.717, 1.165) is 11.1 Å². The van der Waals surface area contributed by atoms with E-state index in [1.807, 2.05) is 60.7 Å². The monoisotopic (exact) mass is 650 g/mol. The van der Waals surface area contributed by atoms with Crippen LogP contribution in [0.15, 0.2) is 89.8 Å². The molecule has 11 nitrogen and oxygen atoms in total. The van der Waals surface area contributed by atoms with Crippen molar-refractivity contribution in [2.24, 2.45) is 5.92 Å². The van der Waals surface area contributed by atoms with Crippen molar-refractivity contribution in [3.8, 4) is 0 Å². The number of nitrogens with one attached hydrogen (secondary N) is 4. The molecule has 12 heteroatoms. The summed E-state index contributed by atoms with van der Waals surface area (Å²) in [5.41, 5.74) is 8.05. The van der Waals surface area contributed by atoms with Crippen LogP contribution in [-0.4, -0.2) is 82.7 Å². The van der Waals surface area contributed by atoms with E-state index in [0.29, 0.717) is 44.2 Å². The third kappa shape index (κ3) is 9.06. The lowest BCUT2D eigenvalue weighted by Gasteiger charge is -2.32. The number of hydrogen-bond acceptors (Lipinski definition) is 8. The maximum atomic E-state index is 13.8. The average molecular weight is 651 g/mol. The molecular weight excluding hydrogens is 604 g/mol. The van der Waals surface area contributed by atoms with Gasteiger partial charge in [0.25, 0.3) is 0 Å². The van der Waals surface area contributed by atoms with Crippen LogP contribution in [0, 0.1) is 5.92 Å². The second kappa shape index (κ2) is 16.5. The molecule has 1 fully saturated rings. The molecule has 0 aromatic heterocycles. The number of nitrogen functional groups attached to an aromatic ring is 1. The molecule has 3 atom stereocenters. The van der Waals surface area contributed by atoms with Gasteiger partial charge in [-0.15, -0.1) is 0 Å². The molecule has 0 spiro atoms. The molecule has 4 rings (SSSR count). The molecular formula is C34H46N6O5S. The fraction of sp³-hybridized carbons (Fsp3) is 0.412. The van der Waals surface area contributed by atoms with Gasteiger partial charge >= 0.3 is 6.09 Å². The standard InChI is InChI=1S/C34H46N6O5S/c1-24(2)18-21-40(46(43,44)28-16-14-27(35)15-17-28)30-23-36-22-29(30)37-19-20-38-33(41)32(39-34(42)45-3)31(25-10-6-4-7-11-25)26-12-8-5-9-13-26/h4-17,24,29-32,36-37H,18-23,35H2,1-3H3,(H,38,41)(H,39,42)/t29?,30-,32?/m1/s1. The number of carbonyl (C=O) groups excluding carboxylic acids is 2. The van der Waals surface area contributed by atoms with Crippen molar-refractivity contribution >= 4 is 27.7 Å². The number of hydrogen-bond donors (Lipinski definition) is 5. The van der Waals surface area contributed by atoms with E-state index in [1.165, 1.54) is 7.11 Å². The van der Waals surface area contributed by atoms with Gasteiger partial charge in [0.05, 0.1) is 18.0 Å². The Labute approximate surface area is 272 Å². The number of rotatable bonds is 15. The van der Waals surface area contributed by atoms with Crippen molar-refractivity contribution in [2.75, 3.05) is 45.6 Å². The van der Waals surface area contributed by atoms with Crippen LogP contribution in [0.4, 0.5) is 10.5 Å². The predicted octanol–water partition coefficient (Wildman–Crippen LogP) is 2.91. The Morgan fingerprint density at radius 3 is 2.11 bits per heavy atom. The highest BCUT2D eigenvalue weighted by atomic mass is 32.2. The highest BCUT2D eigenvalue weighted by Crippen LogP contribution is 2.29. The fourth-order valence-electron chi connectivity index (χ4n) is 5.74. The summed E-state index contributed by atoms with van der Waals surface area (Å²) in [6.07, 6.45) is 0.00491. The zero-order chi connectivity index (χ0) is 33.1. The Morgan fingerprint density at radius 1 is 0.935 bits per heavy atom. The number of methoxy groups -OCH3 is 1. The van der Waals surface area contributed by atoms with Gasteiger partial charge in [0, 0.05) is 50.4 Å². The molecule has 0 bridgehead atoms. The zero-order valence-electron chi connectivity index (χ0n) is 26.7. The highest BCUT2D eigenvalue weighted by molar-refractivity contribution is 7.89. The van der Waals surface area contributed by atoms with E-state index < -0.39 is 28.1 Å². The summed E-state index contributed by atoms with van der Waals surface area (Å²) in [4.78, 5) is 26.3. The van der Waals surface area contributed by atoms with Gasteiger partial charge < -0.3 is 31.7 Å². The average Bonchev–Trinajstić information content (AvgIpc) is 3.51. The van der Waals surface area contributed by atoms with Gasteiger partial charge in [0.15, 0.2) is 0 Å². The van der Waals surface area contributed by atoms with Gasteiger partial charge in [0.1, 0.15) is 6.04 Å². The van der Waals surface area contributed by atoms with Crippen LogP contribution < -0.4 is 27.0 Å². The minimum atomic E-state index is -3.79. The largest absolute Gasteiger partial charge is 0.453 e. The van der Waals surface area contributed by atoms with Crippen molar-refractivity contribution in [3.05, 3.63) is 96.1 Å². The second-order valence-electron chi connectivity index (χ2n) is 11.9. The third-order valence-electron chi connectivity index (χ3n) is 8.19. The molecule has 0 saturated carbocycles. The van der Waals surface area contributed by atoms with Gasteiger partial charge in [0.2, 0.25) is 15.9 Å². The van der Waals surface area contributed by atoms with E-state index in [9.17, 15) is 18.0 Å². The van der Waals surface area contributed by atoms with Crippen molar-refractivity contribution in [1.82, 2.24) is 25.6 Å². The number of carbonyl (C=O) groups is 2. The summed E-state index contributed by atoms with van der Waals surface area (Å²) < 4.78 is 34.1. The lowest BCUT2D eigenvalue weighted by atomic mass is 9.84. The summed E-state index contributed by atoms with van der Waals surface area (Å²) in [7, 11) is -2.52. The quantitative estimate of drug-likeness (QED) is 0.124. The SMILES string of the molecule is COC(=O)NC(C(=O)NCCNC1CNC[C@H]1N(CCC(C)C)S(=O)(=O)c1ccc(N)cc1)C(c1ccccc1)c1ccccc1. The van der Waals surface area contributed by atoms with Crippen LogP contribution in [0.1, 0.15) is 37.3 Å². The number of anilines is 1. The van der Waals surface area contributed by atoms with Gasteiger partial charge in [-0.1, -0.05) is 74.5 Å². The number of nitrogens with zero attached hydrogens (tertiary/aromatic N) is 1. The summed E-state index contributed by atoms with van der Waals surface area (Å²) >= 11 is 0. The molecule has 3 aromatic carbocycles. The van der Waals surface area contributed by atoms with Crippen LogP contribution in [0.25, 0.3) is 0 Å². The maximum absolute atomic E-state index is 13.8. The first kappa shape index (κ1) is 34.9. The molecule has 1 aliphatic heterocycles. The number of ether oxygens (including phenoxy) is 1. The van der Waals surface area contributed by atoms with E-state index in [1.54, 1.807) is 28.6 Å². The Hall–Kier alpha value is -3.97. The van der Waals surface area contributed by atoms with E-state index >= 15 is 0 Å². The number of nitrogens with two attached hydrogens (primary N) is 1. The molecule has 248 valence electrons. The molecule has 2 amide bonds. The summed E-state index contributed by atoms with van der Waals surface area (Å²) in [5.74, 6) is -0.510.